The number of rotatable bonds is 0. The highest BCUT2D eigenvalue weighted by atomic mass is 35.5. The highest BCUT2D eigenvalue weighted by Gasteiger charge is 2.29. The van der Waals surface area contributed by atoms with Crippen molar-refractivity contribution in [2.45, 2.75) is 4.90 Å². The molecular formula is C8H5Cl2NO3S. The molecule has 0 fully saturated rings. The first-order chi connectivity index (χ1) is 6.90. The minimum atomic E-state index is -3.59. The standard InChI is InChI=1S/C8H5Cl2NO3S/c9-4-1-6-7(2-5(4)10)15(13,14)3-8(12)11-6/h1-2H,3H2,(H,11,12). The van der Waals surface area contributed by atoms with Gasteiger partial charge in [-0.1, -0.05) is 23.2 Å². The quantitative estimate of drug-likeness (QED) is 0.777. The van der Waals surface area contributed by atoms with Crippen molar-refractivity contribution in [1.29, 1.82) is 0 Å². The first-order valence-electron chi connectivity index (χ1n) is 3.92. The zero-order chi connectivity index (χ0) is 11.2. The average Bonchev–Trinajstić information content (AvgIpc) is 2.07. The fourth-order valence-corrected chi connectivity index (χ4v) is 3.03. The molecule has 1 aromatic carbocycles. The summed E-state index contributed by atoms with van der Waals surface area (Å²) in [6.07, 6.45) is 0. The number of benzene rings is 1. The first kappa shape index (κ1) is 10.7. The molecule has 2 rings (SSSR count). The van der Waals surface area contributed by atoms with Crippen LogP contribution < -0.4 is 5.32 Å². The van der Waals surface area contributed by atoms with Crippen LogP contribution in [0.4, 0.5) is 5.69 Å². The van der Waals surface area contributed by atoms with Gasteiger partial charge in [-0.3, -0.25) is 4.79 Å². The van der Waals surface area contributed by atoms with E-state index in [0.717, 1.165) is 0 Å². The van der Waals surface area contributed by atoms with E-state index in [-0.39, 0.29) is 20.6 Å². The lowest BCUT2D eigenvalue weighted by Crippen LogP contribution is -2.29. The topological polar surface area (TPSA) is 63.2 Å². The third-order valence-electron chi connectivity index (χ3n) is 1.95. The van der Waals surface area contributed by atoms with Crippen molar-refractivity contribution in [3.63, 3.8) is 0 Å². The summed E-state index contributed by atoms with van der Waals surface area (Å²) in [5.41, 5.74) is 0.181. The Labute approximate surface area is 96.1 Å². The Bertz CT molecular complexity index is 553. The van der Waals surface area contributed by atoms with Crippen molar-refractivity contribution in [2.24, 2.45) is 0 Å². The van der Waals surface area contributed by atoms with Gasteiger partial charge < -0.3 is 5.32 Å². The van der Waals surface area contributed by atoms with Crippen LogP contribution in [-0.4, -0.2) is 20.1 Å². The zero-order valence-corrected chi connectivity index (χ0v) is 9.58. The summed E-state index contributed by atoms with van der Waals surface area (Å²) >= 11 is 11.4. The number of nitrogens with one attached hydrogen (secondary N) is 1. The van der Waals surface area contributed by atoms with Crippen molar-refractivity contribution in [3.05, 3.63) is 22.2 Å². The number of fused-ring (bicyclic) bond motifs is 1. The highest BCUT2D eigenvalue weighted by molar-refractivity contribution is 7.92. The number of halogens is 2. The Hall–Kier alpha value is -0.780. The van der Waals surface area contributed by atoms with E-state index >= 15 is 0 Å². The normalized spacial score (nSPS) is 18.1. The van der Waals surface area contributed by atoms with Crippen LogP contribution in [-0.2, 0) is 14.6 Å². The predicted octanol–water partition coefficient (Wildman–Crippen LogP) is 1.72. The molecule has 0 saturated heterocycles. The maximum Gasteiger partial charge on any atom is 0.239 e. The van der Waals surface area contributed by atoms with Gasteiger partial charge in [0.2, 0.25) is 5.91 Å². The minimum Gasteiger partial charge on any atom is -0.324 e. The Kier molecular flexibility index (Phi) is 2.41. The molecule has 1 amide bonds. The van der Waals surface area contributed by atoms with Crippen LogP contribution in [0.25, 0.3) is 0 Å². The third-order valence-corrected chi connectivity index (χ3v) is 4.33. The molecule has 1 heterocycles. The van der Waals surface area contributed by atoms with Crippen molar-refractivity contribution < 1.29 is 13.2 Å². The molecule has 80 valence electrons. The van der Waals surface area contributed by atoms with E-state index < -0.39 is 21.5 Å². The molecular weight excluding hydrogens is 261 g/mol. The molecule has 0 aliphatic carbocycles. The van der Waals surface area contributed by atoms with Gasteiger partial charge in [-0.2, -0.15) is 0 Å². The van der Waals surface area contributed by atoms with Gasteiger partial charge in [-0.25, -0.2) is 8.42 Å². The lowest BCUT2D eigenvalue weighted by Gasteiger charge is -2.17. The van der Waals surface area contributed by atoms with Gasteiger partial charge in [0.05, 0.1) is 20.6 Å². The summed E-state index contributed by atoms with van der Waals surface area (Å²) in [4.78, 5) is 11.1. The molecule has 0 aromatic heterocycles. The fraction of sp³-hybridized carbons (Fsp3) is 0.125. The van der Waals surface area contributed by atoms with E-state index in [1.54, 1.807) is 0 Å². The number of sulfone groups is 1. The van der Waals surface area contributed by atoms with Gasteiger partial charge in [-0.15, -0.1) is 0 Å². The Morgan fingerprint density at radius 2 is 1.80 bits per heavy atom. The molecule has 0 radical (unpaired) electrons. The van der Waals surface area contributed by atoms with Crippen LogP contribution in [0, 0.1) is 0 Å². The summed E-state index contributed by atoms with van der Waals surface area (Å²) in [6.45, 7) is 0. The van der Waals surface area contributed by atoms with Gasteiger partial charge in [0, 0.05) is 0 Å². The monoisotopic (exact) mass is 265 g/mol. The average molecular weight is 266 g/mol. The van der Waals surface area contributed by atoms with Crippen molar-refractivity contribution >= 4 is 44.6 Å². The zero-order valence-electron chi connectivity index (χ0n) is 7.25. The largest absolute Gasteiger partial charge is 0.324 e. The van der Waals surface area contributed by atoms with Crippen molar-refractivity contribution in [3.8, 4) is 0 Å². The van der Waals surface area contributed by atoms with Gasteiger partial charge in [0.15, 0.2) is 9.84 Å². The van der Waals surface area contributed by atoms with Crippen LogP contribution in [0.15, 0.2) is 17.0 Å². The summed E-state index contributed by atoms with van der Waals surface area (Å²) < 4.78 is 23.2. The van der Waals surface area contributed by atoms with Crippen LogP contribution >= 0.6 is 23.2 Å². The molecule has 1 aliphatic rings. The molecule has 1 aromatic rings. The summed E-state index contributed by atoms with van der Waals surface area (Å²) in [7, 11) is -3.59. The highest BCUT2D eigenvalue weighted by Crippen LogP contribution is 2.34. The summed E-state index contributed by atoms with van der Waals surface area (Å²) in [5, 5.41) is 2.77. The smallest absolute Gasteiger partial charge is 0.239 e. The van der Waals surface area contributed by atoms with Gasteiger partial charge in [-0.05, 0) is 12.1 Å². The lowest BCUT2D eigenvalue weighted by atomic mass is 10.3. The number of anilines is 1. The molecule has 0 bridgehead atoms. The second kappa shape index (κ2) is 3.37. The molecule has 7 heteroatoms. The SMILES string of the molecule is O=C1CS(=O)(=O)c2cc(Cl)c(Cl)cc2N1. The van der Waals surface area contributed by atoms with E-state index in [0.29, 0.717) is 0 Å². The third kappa shape index (κ3) is 1.82. The number of carbonyl (C=O) groups excluding carboxylic acids is 1. The Morgan fingerprint density at radius 3 is 2.47 bits per heavy atom. The summed E-state index contributed by atoms with van der Waals surface area (Å²) in [6, 6.07) is 2.57. The van der Waals surface area contributed by atoms with Crippen molar-refractivity contribution in [1.82, 2.24) is 0 Å². The fourth-order valence-electron chi connectivity index (χ4n) is 1.32. The molecule has 1 N–H and O–H groups in total. The van der Waals surface area contributed by atoms with Crippen LogP contribution in [0.1, 0.15) is 0 Å². The molecule has 0 spiro atoms. The first-order valence-corrected chi connectivity index (χ1v) is 6.32. The van der Waals surface area contributed by atoms with Gasteiger partial charge in [0.25, 0.3) is 0 Å². The van der Waals surface area contributed by atoms with Gasteiger partial charge >= 0.3 is 0 Å². The Balaban J connectivity index is 2.74. The van der Waals surface area contributed by atoms with E-state index in [2.05, 4.69) is 5.32 Å². The predicted molar refractivity (Wildman–Crippen MR) is 57.1 cm³/mol. The van der Waals surface area contributed by atoms with E-state index in [1.165, 1.54) is 12.1 Å². The van der Waals surface area contributed by atoms with E-state index in [4.69, 9.17) is 23.2 Å². The number of carbonyl (C=O) groups is 1. The second-order valence-electron chi connectivity index (χ2n) is 3.07. The summed E-state index contributed by atoms with van der Waals surface area (Å²) in [5.74, 6) is -1.13. The minimum absolute atomic E-state index is 0.0106. The molecule has 4 nitrogen and oxygen atoms in total. The Morgan fingerprint density at radius 1 is 1.20 bits per heavy atom. The van der Waals surface area contributed by atoms with E-state index in [9.17, 15) is 13.2 Å². The van der Waals surface area contributed by atoms with Gasteiger partial charge in [0.1, 0.15) is 5.75 Å². The molecule has 0 atom stereocenters. The molecule has 1 aliphatic heterocycles. The molecule has 0 saturated carbocycles. The second-order valence-corrected chi connectivity index (χ2v) is 5.84. The maximum absolute atomic E-state index is 11.6. The number of amides is 1. The van der Waals surface area contributed by atoms with Crippen LogP contribution in [0.2, 0.25) is 10.0 Å². The van der Waals surface area contributed by atoms with E-state index in [1.807, 2.05) is 0 Å². The molecule has 15 heavy (non-hydrogen) atoms. The molecule has 0 unspecified atom stereocenters. The van der Waals surface area contributed by atoms with Crippen LogP contribution in [0.5, 0.6) is 0 Å². The van der Waals surface area contributed by atoms with Crippen LogP contribution in [0.3, 0.4) is 0 Å². The number of hydrogen-bond donors (Lipinski definition) is 1. The van der Waals surface area contributed by atoms with Crippen molar-refractivity contribution in [2.75, 3.05) is 11.1 Å². The number of hydrogen-bond acceptors (Lipinski definition) is 3. The maximum atomic E-state index is 11.6. The lowest BCUT2D eigenvalue weighted by molar-refractivity contribution is -0.114.